The van der Waals surface area contributed by atoms with E-state index in [-0.39, 0.29) is 11.2 Å². The Kier molecular flexibility index (Phi) is 4.85. The number of rotatable bonds is 0. The molecule has 2 heteroatoms. The van der Waals surface area contributed by atoms with Crippen molar-refractivity contribution in [3.8, 4) is 0 Å². The zero-order valence-corrected chi connectivity index (χ0v) is 22.3. The molecule has 9 atom stereocenters. The van der Waals surface area contributed by atoms with Gasteiger partial charge in [-0.1, -0.05) is 55.4 Å². The van der Waals surface area contributed by atoms with Crippen molar-refractivity contribution < 1.29 is 9.90 Å². The van der Waals surface area contributed by atoms with Crippen molar-refractivity contribution in [1.82, 2.24) is 0 Å². The SMILES string of the molecule is CC1(C)CC[C@]2(C)CC[C@H]3[C@]4(C)CC[C@@H]5C(C)(C)C(=O)[C@H](O)C[C@]5(C)[C@H]4CC[C@@]3(C)[C@@H]2C1. The molecule has 0 aromatic rings. The summed E-state index contributed by atoms with van der Waals surface area (Å²) in [7, 11) is 0. The predicted octanol–water partition coefficient (Wildman–Crippen LogP) is 7.43. The number of aliphatic hydroxyl groups is 1. The Morgan fingerprint density at radius 2 is 1.16 bits per heavy atom. The van der Waals surface area contributed by atoms with E-state index in [1.165, 1.54) is 51.4 Å². The zero-order chi connectivity index (χ0) is 23.5. The van der Waals surface area contributed by atoms with Gasteiger partial charge in [-0.3, -0.25) is 4.79 Å². The minimum Gasteiger partial charge on any atom is -0.385 e. The Balaban J connectivity index is 1.53. The maximum atomic E-state index is 13.0. The highest BCUT2D eigenvalue weighted by Crippen LogP contribution is 2.76. The normalized spacial score (nSPS) is 56.4. The number of fused-ring (bicyclic) bond motifs is 7. The Hall–Kier alpha value is -0.370. The van der Waals surface area contributed by atoms with Gasteiger partial charge < -0.3 is 5.11 Å². The van der Waals surface area contributed by atoms with Gasteiger partial charge in [0.2, 0.25) is 0 Å². The lowest BCUT2D eigenvalue weighted by atomic mass is 9.32. The lowest BCUT2D eigenvalue weighted by Crippen LogP contribution is -2.67. The Morgan fingerprint density at radius 1 is 0.625 bits per heavy atom. The number of hydrogen-bond acceptors (Lipinski definition) is 2. The molecule has 0 aromatic carbocycles. The number of hydrogen-bond donors (Lipinski definition) is 1. The highest BCUT2D eigenvalue weighted by atomic mass is 16.3. The molecule has 5 aliphatic carbocycles. The van der Waals surface area contributed by atoms with Gasteiger partial charge in [0.25, 0.3) is 0 Å². The lowest BCUT2D eigenvalue weighted by molar-refractivity contribution is -0.238. The summed E-state index contributed by atoms with van der Waals surface area (Å²) in [4.78, 5) is 13.0. The van der Waals surface area contributed by atoms with Crippen molar-refractivity contribution in [1.29, 1.82) is 0 Å². The molecule has 182 valence electrons. The van der Waals surface area contributed by atoms with Gasteiger partial charge in [0.05, 0.1) is 0 Å². The van der Waals surface area contributed by atoms with E-state index in [2.05, 4.69) is 55.4 Å². The number of ketones is 1. The van der Waals surface area contributed by atoms with Gasteiger partial charge in [0.1, 0.15) is 6.10 Å². The molecule has 0 aliphatic heterocycles. The van der Waals surface area contributed by atoms with E-state index in [1.54, 1.807) is 0 Å². The second-order valence-electron chi connectivity index (χ2n) is 15.7. The molecule has 5 saturated carbocycles. The molecule has 0 unspecified atom stereocenters. The second kappa shape index (κ2) is 6.64. The summed E-state index contributed by atoms with van der Waals surface area (Å²) in [6, 6.07) is 0. The molecular weight excluding hydrogens is 392 g/mol. The molecule has 2 nitrogen and oxygen atoms in total. The summed E-state index contributed by atoms with van der Waals surface area (Å²) >= 11 is 0. The minimum atomic E-state index is -0.768. The van der Waals surface area contributed by atoms with E-state index >= 15 is 0 Å². The smallest absolute Gasteiger partial charge is 0.167 e. The summed E-state index contributed by atoms with van der Waals surface area (Å²) in [5, 5.41) is 10.9. The third-order valence-corrected chi connectivity index (χ3v) is 13.1. The number of aliphatic hydroxyl groups excluding tert-OH is 1. The largest absolute Gasteiger partial charge is 0.385 e. The predicted molar refractivity (Wildman–Crippen MR) is 131 cm³/mol. The molecule has 0 radical (unpaired) electrons. The van der Waals surface area contributed by atoms with Crippen LogP contribution in [0.15, 0.2) is 0 Å². The van der Waals surface area contributed by atoms with Crippen LogP contribution in [0.1, 0.15) is 120 Å². The van der Waals surface area contributed by atoms with Crippen molar-refractivity contribution >= 4 is 5.78 Å². The fraction of sp³-hybridized carbons (Fsp3) is 0.967. The van der Waals surface area contributed by atoms with Gasteiger partial charge in [-0.2, -0.15) is 0 Å². The van der Waals surface area contributed by atoms with Crippen LogP contribution in [0.25, 0.3) is 0 Å². The fourth-order valence-corrected chi connectivity index (χ4v) is 11.6. The number of carbonyl (C=O) groups excluding carboxylic acids is 1. The summed E-state index contributed by atoms with van der Waals surface area (Å²) in [5.74, 6) is 2.78. The van der Waals surface area contributed by atoms with Crippen LogP contribution >= 0.6 is 0 Å². The molecule has 0 heterocycles. The van der Waals surface area contributed by atoms with Crippen LogP contribution in [0.5, 0.6) is 0 Å². The van der Waals surface area contributed by atoms with Gasteiger partial charge in [0.15, 0.2) is 5.78 Å². The van der Waals surface area contributed by atoms with Gasteiger partial charge >= 0.3 is 0 Å². The minimum absolute atomic E-state index is 0.0811. The van der Waals surface area contributed by atoms with E-state index in [4.69, 9.17) is 0 Å². The summed E-state index contributed by atoms with van der Waals surface area (Å²) in [5.41, 5.74) is 1.48. The van der Waals surface area contributed by atoms with Gasteiger partial charge in [-0.25, -0.2) is 0 Å². The van der Waals surface area contributed by atoms with Crippen LogP contribution in [0, 0.1) is 56.2 Å². The molecule has 32 heavy (non-hydrogen) atoms. The summed E-state index contributed by atoms with van der Waals surface area (Å²) < 4.78 is 0. The monoisotopic (exact) mass is 442 g/mol. The third-order valence-electron chi connectivity index (χ3n) is 13.1. The average Bonchev–Trinajstić information content (AvgIpc) is 2.67. The van der Waals surface area contributed by atoms with E-state index in [0.717, 1.165) is 18.3 Å². The lowest BCUT2D eigenvalue weighted by Gasteiger charge is -2.72. The van der Waals surface area contributed by atoms with Crippen LogP contribution in [-0.2, 0) is 4.79 Å². The number of carbonyl (C=O) groups is 1. The molecule has 0 saturated heterocycles. The van der Waals surface area contributed by atoms with E-state index in [0.29, 0.717) is 39.9 Å². The molecule has 5 rings (SSSR count). The molecule has 5 fully saturated rings. The first kappa shape index (κ1) is 23.4. The Morgan fingerprint density at radius 3 is 1.81 bits per heavy atom. The quantitative estimate of drug-likeness (QED) is 0.423. The molecular formula is C30H50O2. The molecule has 0 aromatic heterocycles. The van der Waals surface area contributed by atoms with Crippen molar-refractivity contribution in [2.24, 2.45) is 56.2 Å². The van der Waals surface area contributed by atoms with Crippen LogP contribution in [-0.4, -0.2) is 17.0 Å². The van der Waals surface area contributed by atoms with Gasteiger partial charge in [-0.05, 0) is 115 Å². The number of Topliss-reactive ketones (excluding diaryl/α,β-unsaturated/α-hetero) is 1. The Bertz CT molecular complexity index is 812. The van der Waals surface area contributed by atoms with Crippen molar-refractivity contribution in [2.75, 3.05) is 0 Å². The molecule has 0 amide bonds. The van der Waals surface area contributed by atoms with Crippen molar-refractivity contribution in [3.05, 3.63) is 0 Å². The molecule has 0 spiro atoms. The van der Waals surface area contributed by atoms with E-state index < -0.39 is 11.5 Å². The Labute approximate surface area is 197 Å². The van der Waals surface area contributed by atoms with E-state index in [1.807, 2.05) is 0 Å². The fourth-order valence-electron chi connectivity index (χ4n) is 11.6. The molecule has 5 aliphatic rings. The van der Waals surface area contributed by atoms with Crippen LogP contribution in [0.3, 0.4) is 0 Å². The van der Waals surface area contributed by atoms with Crippen LogP contribution < -0.4 is 0 Å². The van der Waals surface area contributed by atoms with Crippen molar-refractivity contribution in [3.63, 3.8) is 0 Å². The highest BCUT2D eigenvalue weighted by molar-refractivity contribution is 5.89. The molecule has 0 bridgehead atoms. The maximum absolute atomic E-state index is 13.0. The first-order valence-corrected chi connectivity index (χ1v) is 13.8. The zero-order valence-electron chi connectivity index (χ0n) is 22.3. The topological polar surface area (TPSA) is 37.3 Å². The standard InChI is InChI=1S/C30H50O2/c1-25(2)15-16-27(5)12-9-21-28(6)13-10-20-26(3,4)24(32)19(31)17-30(20,8)22(28)11-14-29(21,7)23(27)18-25/h19-23,31H,9-18H2,1-8H3/t19-,20-,21+,22+,23-,27+,28+,29-,30+/m1/s1. The maximum Gasteiger partial charge on any atom is 0.167 e. The average molecular weight is 443 g/mol. The van der Waals surface area contributed by atoms with Crippen LogP contribution in [0.2, 0.25) is 0 Å². The third kappa shape index (κ3) is 2.83. The molecule has 1 N–H and O–H groups in total. The highest BCUT2D eigenvalue weighted by Gasteiger charge is 2.69. The first-order valence-electron chi connectivity index (χ1n) is 13.8. The summed E-state index contributed by atoms with van der Waals surface area (Å²) in [6.45, 7) is 19.7. The second-order valence-corrected chi connectivity index (χ2v) is 15.7. The van der Waals surface area contributed by atoms with Gasteiger partial charge in [-0.15, -0.1) is 0 Å². The van der Waals surface area contributed by atoms with Crippen LogP contribution in [0.4, 0.5) is 0 Å². The summed E-state index contributed by atoms with van der Waals surface area (Å²) in [6.07, 6.45) is 12.0. The van der Waals surface area contributed by atoms with Crippen molar-refractivity contribution in [2.45, 2.75) is 126 Å². The van der Waals surface area contributed by atoms with Gasteiger partial charge in [0, 0.05) is 5.41 Å². The van der Waals surface area contributed by atoms with E-state index in [9.17, 15) is 9.90 Å². The first-order chi connectivity index (χ1) is 14.6.